The molecule has 10 nitrogen and oxygen atoms in total. The minimum Gasteiger partial charge on any atom is -0.478 e. The lowest BCUT2D eigenvalue weighted by Gasteiger charge is -2.28. The number of aromatic carboxylic acids is 1. The summed E-state index contributed by atoms with van der Waals surface area (Å²) in [5.41, 5.74) is 4.65. The number of methoxy groups -OCH3 is 1. The molecular weight excluding hydrogens is 532 g/mol. The number of carboxylic acid groups (broad SMARTS) is 1. The minimum atomic E-state index is -0.998. The molecule has 0 bridgehead atoms. The van der Waals surface area contributed by atoms with Crippen LogP contribution in [0.5, 0.6) is 0 Å². The van der Waals surface area contributed by atoms with Crippen molar-refractivity contribution in [2.45, 2.75) is 97.9 Å². The molecule has 42 heavy (non-hydrogen) atoms. The summed E-state index contributed by atoms with van der Waals surface area (Å²) in [4.78, 5) is 12.2. The molecule has 1 N–H and O–H groups in total. The van der Waals surface area contributed by atoms with E-state index in [4.69, 9.17) is 9.47 Å². The summed E-state index contributed by atoms with van der Waals surface area (Å²) in [7, 11) is 1.71. The molecule has 0 aliphatic rings. The second-order valence-corrected chi connectivity index (χ2v) is 11.8. The van der Waals surface area contributed by atoms with Crippen LogP contribution in [-0.4, -0.2) is 66.0 Å². The Balaban J connectivity index is 1.89. The van der Waals surface area contributed by atoms with Gasteiger partial charge in [-0.15, -0.1) is 10.2 Å². The van der Waals surface area contributed by atoms with Crippen LogP contribution in [0, 0.1) is 0 Å². The molecular formula is C32H46N6O4. The van der Waals surface area contributed by atoms with Crippen molar-refractivity contribution in [2.24, 2.45) is 0 Å². The second kappa shape index (κ2) is 14.5. The molecule has 0 saturated carbocycles. The van der Waals surface area contributed by atoms with Gasteiger partial charge in [-0.1, -0.05) is 42.5 Å². The Morgan fingerprint density at radius 3 is 2.14 bits per heavy atom. The molecule has 0 fully saturated rings. The number of ether oxygens (including phenoxy) is 2. The molecule has 0 aliphatic heterocycles. The van der Waals surface area contributed by atoms with Crippen molar-refractivity contribution in [3.8, 4) is 0 Å². The van der Waals surface area contributed by atoms with Crippen molar-refractivity contribution in [1.29, 1.82) is 0 Å². The highest BCUT2D eigenvalue weighted by atomic mass is 16.5. The maximum absolute atomic E-state index is 12.2. The average Bonchev–Trinajstić information content (AvgIpc) is 3.57. The Morgan fingerprint density at radius 1 is 1.02 bits per heavy atom. The van der Waals surface area contributed by atoms with Crippen molar-refractivity contribution in [2.75, 3.05) is 13.7 Å². The van der Waals surface area contributed by atoms with Gasteiger partial charge in [0.1, 0.15) is 0 Å². The van der Waals surface area contributed by atoms with E-state index in [9.17, 15) is 9.90 Å². The molecule has 0 amide bonds. The van der Waals surface area contributed by atoms with E-state index >= 15 is 0 Å². The number of unbranched alkanes of at least 4 members (excludes halogenated alkanes) is 1. The summed E-state index contributed by atoms with van der Waals surface area (Å²) >= 11 is 0. The predicted molar refractivity (Wildman–Crippen MR) is 164 cm³/mol. The van der Waals surface area contributed by atoms with Gasteiger partial charge in [-0.2, -0.15) is 0 Å². The first kappa shape index (κ1) is 32.9. The normalized spacial score (nSPS) is 12.6. The van der Waals surface area contributed by atoms with E-state index < -0.39 is 11.6 Å². The van der Waals surface area contributed by atoms with Crippen LogP contribution >= 0.6 is 0 Å². The van der Waals surface area contributed by atoms with Gasteiger partial charge < -0.3 is 14.6 Å². The molecule has 3 rings (SSSR count). The highest BCUT2D eigenvalue weighted by Gasteiger charge is 2.24. The summed E-state index contributed by atoms with van der Waals surface area (Å²) in [6.45, 7) is 17.5. The lowest BCUT2D eigenvalue weighted by molar-refractivity contribution is -0.0578. The summed E-state index contributed by atoms with van der Waals surface area (Å²) in [5.74, 6) is -0.998. The number of carbonyl (C=O) groups is 1. The molecule has 2 heterocycles. The molecule has 10 heteroatoms. The Kier molecular flexibility index (Phi) is 11.4. The smallest absolute Gasteiger partial charge is 0.335 e. The maximum Gasteiger partial charge on any atom is 0.335 e. The van der Waals surface area contributed by atoms with E-state index in [-0.39, 0.29) is 11.2 Å². The van der Waals surface area contributed by atoms with Crippen LogP contribution in [0.2, 0.25) is 0 Å². The number of aryl methyl sites for hydroxylation is 1. The van der Waals surface area contributed by atoms with Gasteiger partial charge in [0.2, 0.25) is 0 Å². The minimum absolute atomic E-state index is 0.198. The van der Waals surface area contributed by atoms with Gasteiger partial charge in [0, 0.05) is 25.9 Å². The van der Waals surface area contributed by atoms with Crippen molar-refractivity contribution in [3.63, 3.8) is 0 Å². The lowest BCUT2D eigenvalue weighted by atomic mass is 9.91. The van der Waals surface area contributed by atoms with Crippen LogP contribution < -0.4 is 0 Å². The number of aromatic nitrogens is 6. The van der Waals surface area contributed by atoms with E-state index in [0.29, 0.717) is 26.1 Å². The summed E-state index contributed by atoms with van der Waals surface area (Å²) < 4.78 is 15.2. The van der Waals surface area contributed by atoms with Gasteiger partial charge in [0.25, 0.3) is 0 Å². The van der Waals surface area contributed by atoms with Gasteiger partial charge in [-0.25, -0.2) is 14.2 Å². The summed E-state index contributed by atoms with van der Waals surface area (Å²) in [6, 6.07) is 3.41. The average molecular weight is 579 g/mol. The monoisotopic (exact) mass is 578 g/mol. The highest BCUT2D eigenvalue weighted by molar-refractivity contribution is 5.90. The molecule has 1 aromatic carbocycles. The van der Waals surface area contributed by atoms with Crippen LogP contribution in [0.1, 0.15) is 99.2 Å². The number of nitrogens with zero attached hydrogens (tertiary/aromatic N) is 6. The van der Waals surface area contributed by atoms with Gasteiger partial charge in [-0.05, 0) is 88.3 Å². The van der Waals surface area contributed by atoms with Crippen LogP contribution in [0.3, 0.4) is 0 Å². The van der Waals surface area contributed by atoms with Gasteiger partial charge >= 0.3 is 5.97 Å². The molecule has 0 aliphatic carbocycles. The highest BCUT2D eigenvalue weighted by Crippen LogP contribution is 2.29. The SMILES string of the molecule is C=C/C(=C/C)c1c(Cn2cc(CCCC)nn2)cc(C(=O)O)cc1Cn1cc(CC(C)(C)OCCC(C)(C)OC)nn1. The molecule has 0 radical (unpaired) electrons. The lowest BCUT2D eigenvalue weighted by Crippen LogP contribution is -2.31. The van der Waals surface area contributed by atoms with Crippen molar-refractivity contribution in [3.05, 3.63) is 76.9 Å². The zero-order valence-electron chi connectivity index (χ0n) is 26.2. The third-order valence-electron chi connectivity index (χ3n) is 7.35. The number of carboxylic acids is 1. The first-order valence-corrected chi connectivity index (χ1v) is 14.6. The Hall–Kier alpha value is -3.63. The van der Waals surface area contributed by atoms with Crippen molar-refractivity contribution < 1.29 is 19.4 Å². The number of hydrogen-bond acceptors (Lipinski definition) is 7. The molecule has 0 spiro atoms. The van der Waals surface area contributed by atoms with Gasteiger partial charge in [0.15, 0.2) is 0 Å². The molecule has 228 valence electrons. The topological polar surface area (TPSA) is 117 Å². The third-order valence-corrected chi connectivity index (χ3v) is 7.35. The summed E-state index contributed by atoms with van der Waals surface area (Å²) in [6.07, 6.45) is 11.9. The summed E-state index contributed by atoms with van der Waals surface area (Å²) in [5, 5.41) is 27.3. The van der Waals surface area contributed by atoms with E-state index in [1.54, 1.807) is 34.7 Å². The number of rotatable bonds is 17. The predicted octanol–water partition coefficient (Wildman–Crippen LogP) is 5.75. The van der Waals surface area contributed by atoms with Crippen LogP contribution in [0.25, 0.3) is 5.57 Å². The maximum atomic E-state index is 12.2. The van der Waals surface area contributed by atoms with E-state index in [0.717, 1.165) is 59.3 Å². The molecule has 0 saturated heterocycles. The second-order valence-electron chi connectivity index (χ2n) is 11.8. The fourth-order valence-electron chi connectivity index (χ4n) is 4.77. The number of hydrogen-bond donors (Lipinski definition) is 1. The van der Waals surface area contributed by atoms with E-state index in [1.165, 1.54) is 0 Å². The van der Waals surface area contributed by atoms with Crippen LogP contribution in [0.15, 0.2) is 43.3 Å². The largest absolute Gasteiger partial charge is 0.478 e. The Bertz CT molecular complexity index is 1390. The standard InChI is InChI=1S/C32H46N6O4/c1-9-12-13-27-21-37(35-33-27)19-25-16-24(30(39)40)17-26(29(25)23(10-2)11-3)20-38-22-28(34-36-38)18-32(6,7)42-15-14-31(4,5)41-8/h10-11,16-17,21-22H,2,9,12-15,18-20H2,1,3-8H3,(H,39,40)/b23-11-. The molecule has 0 atom stereocenters. The molecule has 3 aromatic rings. The van der Waals surface area contributed by atoms with Crippen molar-refractivity contribution in [1.82, 2.24) is 30.0 Å². The first-order chi connectivity index (χ1) is 19.9. The van der Waals surface area contributed by atoms with Crippen molar-refractivity contribution >= 4 is 11.5 Å². The molecule has 2 aromatic heterocycles. The van der Waals surface area contributed by atoms with Gasteiger partial charge in [0.05, 0.1) is 47.8 Å². The zero-order chi connectivity index (χ0) is 30.9. The van der Waals surface area contributed by atoms with E-state index in [2.05, 4.69) is 34.1 Å². The first-order valence-electron chi connectivity index (χ1n) is 14.6. The molecule has 0 unspecified atom stereocenters. The van der Waals surface area contributed by atoms with Gasteiger partial charge in [-0.3, -0.25) is 0 Å². The van der Waals surface area contributed by atoms with Crippen LogP contribution in [0.4, 0.5) is 0 Å². The number of allylic oxidation sites excluding steroid dienone is 3. The third kappa shape index (κ3) is 9.19. The van der Waals surface area contributed by atoms with Crippen LogP contribution in [-0.2, 0) is 35.4 Å². The number of benzene rings is 1. The quantitative estimate of drug-likeness (QED) is 0.201. The zero-order valence-corrected chi connectivity index (χ0v) is 26.2. The fourth-order valence-corrected chi connectivity index (χ4v) is 4.77. The van der Waals surface area contributed by atoms with E-state index in [1.807, 2.05) is 53.1 Å². The Morgan fingerprint density at radius 2 is 1.62 bits per heavy atom. The Labute approximate surface area is 249 Å². The fraction of sp³-hybridized carbons (Fsp3) is 0.531.